The molecule has 0 unspecified atom stereocenters. The Morgan fingerprint density at radius 2 is 1.81 bits per heavy atom. The number of nitrogens with two attached hydrogens (primary N) is 1. The van der Waals surface area contributed by atoms with E-state index >= 15 is 0 Å². The van der Waals surface area contributed by atoms with Crippen molar-refractivity contribution in [1.82, 2.24) is 0 Å². The molecule has 0 saturated heterocycles. The smallest absolute Gasteiger partial charge is 0.143 e. The van der Waals surface area contributed by atoms with Crippen LogP contribution in [0.1, 0.15) is 5.56 Å². The molecule has 0 radical (unpaired) electrons. The quantitative estimate of drug-likeness (QED) is 0.680. The molecule has 0 fully saturated rings. The van der Waals surface area contributed by atoms with Crippen molar-refractivity contribution in [1.29, 1.82) is 0 Å². The Labute approximate surface area is 127 Å². The third-order valence-corrected chi connectivity index (χ3v) is 3.73. The van der Waals surface area contributed by atoms with Crippen molar-refractivity contribution in [3.63, 3.8) is 0 Å². The molecular weight excluding hydrogens is 287 g/mol. The van der Waals surface area contributed by atoms with Crippen LogP contribution in [0.4, 0.5) is 15.8 Å². The van der Waals surface area contributed by atoms with Crippen LogP contribution in [0.15, 0.2) is 54.6 Å². The van der Waals surface area contributed by atoms with Crippen LogP contribution in [-0.4, -0.2) is 0 Å². The standard InChI is InChI=1S/C17H14ClFN2/c18-14-8-17(16(20)9-15(14)19)21-10-12-6-3-5-11-4-1-2-7-13(11)12/h1-9,21H,10,20H2. The molecular formula is C17H14ClFN2. The van der Waals surface area contributed by atoms with Gasteiger partial charge in [0.1, 0.15) is 5.82 Å². The second-order valence-electron chi connectivity index (χ2n) is 4.85. The van der Waals surface area contributed by atoms with Crippen molar-refractivity contribution in [3.05, 3.63) is 71.0 Å². The highest BCUT2D eigenvalue weighted by Gasteiger charge is 2.07. The second-order valence-corrected chi connectivity index (χ2v) is 5.25. The molecule has 106 valence electrons. The molecule has 0 spiro atoms. The first-order chi connectivity index (χ1) is 10.1. The highest BCUT2D eigenvalue weighted by atomic mass is 35.5. The van der Waals surface area contributed by atoms with E-state index in [0.29, 0.717) is 17.9 Å². The van der Waals surface area contributed by atoms with Gasteiger partial charge < -0.3 is 11.1 Å². The lowest BCUT2D eigenvalue weighted by Gasteiger charge is -2.12. The Balaban J connectivity index is 1.89. The monoisotopic (exact) mass is 300 g/mol. The fourth-order valence-electron chi connectivity index (χ4n) is 2.35. The van der Waals surface area contributed by atoms with Gasteiger partial charge in [-0.05, 0) is 22.4 Å². The summed E-state index contributed by atoms with van der Waals surface area (Å²) in [6.45, 7) is 0.591. The predicted molar refractivity (Wildman–Crippen MR) is 87.1 cm³/mol. The zero-order chi connectivity index (χ0) is 14.8. The molecule has 0 saturated carbocycles. The fourth-order valence-corrected chi connectivity index (χ4v) is 2.52. The first-order valence-corrected chi connectivity index (χ1v) is 6.98. The van der Waals surface area contributed by atoms with Gasteiger partial charge in [-0.25, -0.2) is 4.39 Å². The van der Waals surface area contributed by atoms with Crippen LogP contribution in [0.3, 0.4) is 0 Å². The van der Waals surface area contributed by atoms with Crippen molar-refractivity contribution in [3.8, 4) is 0 Å². The van der Waals surface area contributed by atoms with Gasteiger partial charge in [0.05, 0.1) is 16.4 Å². The van der Waals surface area contributed by atoms with Gasteiger partial charge >= 0.3 is 0 Å². The number of hydrogen-bond donors (Lipinski definition) is 2. The van der Waals surface area contributed by atoms with Gasteiger partial charge in [-0.15, -0.1) is 0 Å². The number of rotatable bonds is 3. The maximum absolute atomic E-state index is 13.3. The average Bonchev–Trinajstić information content (AvgIpc) is 2.49. The summed E-state index contributed by atoms with van der Waals surface area (Å²) in [6, 6.07) is 17.0. The van der Waals surface area contributed by atoms with Crippen molar-refractivity contribution in [2.24, 2.45) is 0 Å². The summed E-state index contributed by atoms with van der Waals surface area (Å²) in [7, 11) is 0. The van der Waals surface area contributed by atoms with Gasteiger partial charge in [0, 0.05) is 12.6 Å². The van der Waals surface area contributed by atoms with Crippen LogP contribution >= 0.6 is 11.6 Å². The van der Waals surface area contributed by atoms with Crippen molar-refractivity contribution in [2.45, 2.75) is 6.54 Å². The van der Waals surface area contributed by atoms with E-state index in [-0.39, 0.29) is 5.02 Å². The minimum atomic E-state index is -0.509. The van der Waals surface area contributed by atoms with Gasteiger partial charge in [-0.2, -0.15) is 0 Å². The zero-order valence-corrected chi connectivity index (χ0v) is 12.0. The average molecular weight is 301 g/mol. The van der Waals surface area contributed by atoms with Crippen molar-refractivity contribution >= 4 is 33.7 Å². The van der Waals surface area contributed by atoms with Crippen LogP contribution in [-0.2, 0) is 6.54 Å². The molecule has 3 rings (SSSR count). The molecule has 0 amide bonds. The molecule has 0 aliphatic rings. The molecule has 3 aromatic rings. The molecule has 3 N–H and O–H groups in total. The number of nitrogens with one attached hydrogen (secondary N) is 1. The van der Waals surface area contributed by atoms with Crippen molar-refractivity contribution < 1.29 is 4.39 Å². The van der Waals surface area contributed by atoms with Gasteiger partial charge in [0.25, 0.3) is 0 Å². The minimum absolute atomic E-state index is 0.0598. The Morgan fingerprint density at radius 1 is 1.05 bits per heavy atom. The molecule has 0 heterocycles. The number of benzene rings is 3. The Hall–Kier alpha value is -2.26. The van der Waals surface area contributed by atoms with E-state index in [1.54, 1.807) is 0 Å². The van der Waals surface area contributed by atoms with E-state index in [4.69, 9.17) is 17.3 Å². The first-order valence-electron chi connectivity index (χ1n) is 6.60. The normalized spacial score (nSPS) is 10.8. The highest BCUT2D eigenvalue weighted by Crippen LogP contribution is 2.27. The van der Waals surface area contributed by atoms with Crippen molar-refractivity contribution in [2.75, 3.05) is 11.1 Å². The third-order valence-electron chi connectivity index (χ3n) is 3.44. The molecule has 2 nitrogen and oxygen atoms in total. The second kappa shape index (κ2) is 5.62. The minimum Gasteiger partial charge on any atom is -0.397 e. The van der Waals surface area contributed by atoms with Crippen LogP contribution in [0.5, 0.6) is 0 Å². The third kappa shape index (κ3) is 2.78. The maximum atomic E-state index is 13.3. The molecule has 4 heteroatoms. The topological polar surface area (TPSA) is 38.0 Å². The number of fused-ring (bicyclic) bond motifs is 1. The van der Waals surface area contributed by atoms with Gasteiger partial charge in [-0.1, -0.05) is 54.1 Å². The summed E-state index contributed by atoms with van der Waals surface area (Å²) in [4.78, 5) is 0. The Morgan fingerprint density at radius 3 is 2.67 bits per heavy atom. The maximum Gasteiger partial charge on any atom is 0.143 e. The van der Waals surface area contributed by atoms with Crippen LogP contribution in [0.2, 0.25) is 5.02 Å². The van der Waals surface area contributed by atoms with E-state index in [0.717, 1.165) is 5.56 Å². The summed E-state index contributed by atoms with van der Waals surface area (Å²) in [5, 5.41) is 5.64. The lowest BCUT2D eigenvalue weighted by Crippen LogP contribution is -2.03. The summed E-state index contributed by atoms with van der Waals surface area (Å²) in [6.07, 6.45) is 0. The number of anilines is 2. The molecule has 3 aromatic carbocycles. The van der Waals surface area contributed by atoms with E-state index in [1.165, 1.54) is 22.9 Å². The van der Waals surface area contributed by atoms with Gasteiger partial charge in [-0.3, -0.25) is 0 Å². The molecule has 21 heavy (non-hydrogen) atoms. The van der Waals surface area contributed by atoms with Gasteiger partial charge in [0.2, 0.25) is 0 Å². The SMILES string of the molecule is Nc1cc(F)c(Cl)cc1NCc1cccc2ccccc12. The highest BCUT2D eigenvalue weighted by molar-refractivity contribution is 6.31. The molecule has 0 aliphatic heterocycles. The number of halogens is 2. The fraction of sp³-hybridized carbons (Fsp3) is 0.0588. The van der Waals surface area contributed by atoms with Crippen LogP contribution in [0.25, 0.3) is 10.8 Å². The Kier molecular flexibility index (Phi) is 3.67. The first kappa shape index (κ1) is 13.7. The number of hydrogen-bond acceptors (Lipinski definition) is 2. The summed E-state index contributed by atoms with van der Waals surface area (Å²) in [5.74, 6) is -0.509. The molecule has 0 bridgehead atoms. The predicted octanol–water partition coefficient (Wildman–Crippen LogP) is 4.83. The lowest BCUT2D eigenvalue weighted by atomic mass is 10.0. The lowest BCUT2D eigenvalue weighted by molar-refractivity contribution is 0.629. The van der Waals surface area contributed by atoms with E-state index in [9.17, 15) is 4.39 Å². The summed E-state index contributed by atoms with van der Waals surface area (Å²) >= 11 is 5.79. The largest absolute Gasteiger partial charge is 0.397 e. The molecule has 0 atom stereocenters. The van der Waals surface area contributed by atoms with Gasteiger partial charge in [0.15, 0.2) is 0 Å². The van der Waals surface area contributed by atoms with Crippen LogP contribution < -0.4 is 11.1 Å². The molecule has 0 aliphatic carbocycles. The summed E-state index contributed by atoms with van der Waals surface area (Å²) in [5.41, 5.74) is 7.93. The van der Waals surface area contributed by atoms with E-state index in [1.807, 2.05) is 18.2 Å². The van der Waals surface area contributed by atoms with E-state index < -0.39 is 5.82 Å². The summed E-state index contributed by atoms with van der Waals surface area (Å²) < 4.78 is 13.3. The number of nitrogen functional groups attached to an aromatic ring is 1. The van der Waals surface area contributed by atoms with E-state index in [2.05, 4.69) is 29.6 Å². The Bertz CT molecular complexity index is 797. The zero-order valence-electron chi connectivity index (χ0n) is 11.2. The van der Waals surface area contributed by atoms with Crippen LogP contribution in [0, 0.1) is 5.82 Å². The molecule has 0 aromatic heterocycles.